The molecule has 0 bridgehead atoms. The Morgan fingerprint density at radius 2 is 1.90 bits per heavy atom. The van der Waals surface area contributed by atoms with Crippen LogP contribution in [0.4, 0.5) is 10.2 Å². The van der Waals surface area contributed by atoms with Crippen LogP contribution in [0.25, 0.3) is 11.4 Å². The highest BCUT2D eigenvalue weighted by Gasteiger charge is 2.54. The van der Waals surface area contributed by atoms with Gasteiger partial charge in [-0.3, -0.25) is 0 Å². The molecule has 2 aromatic rings. The molecule has 1 aromatic heterocycles. The SMILES string of the molecule is CCC1[C@H]2CN(c3nc(-c4ccccc4)ncc3F)C[C@@H]12. The van der Waals surface area contributed by atoms with Gasteiger partial charge in [-0.1, -0.05) is 43.7 Å². The van der Waals surface area contributed by atoms with Crippen molar-refractivity contribution in [2.45, 2.75) is 13.3 Å². The molecular formula is C17H18FN3. The molecule has 4 rings (SSSR count). The predicted molar refractivity (Wildman–Crippen MR) is 80.4 cm³/mol. The highest BCUT2D eigenvalue weighted by molar-refractivity contribution is 5.57. The third-order valence-corrected chi connectivity index (χ3v) is 4.90. The third-order valence-electron chi connectivity index (χ3n) is 4.90. The van der Waals surface area contributed by atoms with Crippen LogP contribution in [0.15, 0.2) is 36.5 Å². The van der Waals surface area contributed by atoms with Gasteiger partial charge in [0.2, 0.25) is 0 Å². The minimum absolute atomic E-state index is 0.316. The Kier molecular flexibility index (Phi) is 2.91. The van der Waals surface area contributed by atoms with Crippen LogP contribution in [0.3, 0.4) is 0 Å². The van der Waals surface area contributed by atoms with Crippen molar-refractivity contribution < 1.29 is 4.39 Å². The summed E-state index contributed by atoms with van der Waals surface area (Å²) >= 11 is 0. The average Bonchev–Trinajstić information content (AvgIpc) is 3.00. The Morgan fingerprint density at radius 3 is 2.57 bits per heavy atom. The molecule has 4 heteroatoms. The van der Waals surface area contributed by atoms with Crippen LogP contribution in [-0.4, -0.2) is 23.1 Å². The van der Waals surface area contributed by atoms with Crippen molar-refractivity contribution in [3.63, 3.8) is 0 Å². The minimum atomic E-state index is -0.316. The van der Waals surface area contributed by atoms with E-state index in [2.05, 4.69) is 21.8 Å². The lowest BCUT2D eigenvalue weighted by molar-refractivity contribution is 0.581. The van der Waals surface area contributed by atoms with Gasteiger partial charge in [0, 0.05) is 18.7 Å². The largest absolute Gasteiger partial charge is 0.353 e. The van der Waals surface area contributed by atoms with E-state index < -0.39 is 0 Å². The number of piperidine rings is 1. The summed E-state index contributed by atoms with van der Waals surface area (Å²) in [6.45, 7) is 4.11. The van der Waals surface area contributed by atoms with E-state index >= 15 is 0 Å². The Labute approximate surface area is 123 Å². The van der Waals surface area contributed by atoms with Crippen molar-refractivity contribution in [1.82, 2.24) is 9.97 Å². The van der Waals surface area contributed by atoms with Gasteiger partial charge < -0.3 is 4.90 Å². The Balaban J connectivity index is 1.61. The zero-order chi connectivity index (χ0) is 14.4. The van der Waals surface area contributed by atoms with Crippen LogP contribution < -0.4 is 4.90 Å². The smallest absolute Gasteiger partial charge is 0.183 e. The van der Waals surface area contributed by atoms with Crippen LogP contribution in [0, 0.1) is 23.6 Å². The van der Waals surface area contributed by atoms with Gasteiger partial charge in [0.15, 0.2) is 17.5 Å². The zero-order valence-electron chi connectivity index (χ0n) is 12.0. The molecule has 21 heavy (non-hydrogen) atoms. The first-order valence-electron chi connectivity index (χ1n) is 7.61. The topological polar surface area (TPSA) is 29.0 Å². The van der Waals surface area contributed by atoms with Gasteiger partial charge in [-0.15, -0.1) is 0 Å². The lowest BCUT2D eigenvalue weighted by atomic mass is 10.2. The van der Waals surface area contributed by atoms with Crippen molar-refractivity contribution in [3.05, 3.63) is 42.3 Å². The van der Waals surface area contributed by atoms with Gasteiger partial charge in [-0.05, 0) is 17.8 Å². The molecule has 2 heterocycles. The molecule has 0 amide bonds. The van der Waals surface area contributed by atoms with Gasteiger partial charge in [-0.25, -0.2) is 14.4 Å². The van der Waals surface area contributed by atoms with E-state index in [0.29, 0.717) is 11.6 Å². The second-order valence-electron chi connectivity index (χ2n) is 6.04. The fourth-order valence-electron chi connectivity index (χ4n) is 3.73. The monoisotopic (exact) mass is 283 g/mol. The van der Waals surface area contributed by atoms with E-state index in [1.165, 1.54) is 12.6 Å². The molecule has 0 N–H and O–H groups in total. The van der Waals surface area contributed by atoms with Crippen LogP contribution in [-0.2, 0) is 0 Å². The van der Waals surface area contributed by atoms with Gasteiger partial charge in [0.05, 0.1) is 6.20 Å². The fourth-order valence-corrected chi connectivity index (χ4v) is 3.73. The first kappa shape index (κ1) is 12.7. The lowest BCUT2D eigenvalue weighted by Gasteiger charge is -2.21. The first-order chi connectivity index (χ1) is 10.3. The number of fused-ring (bicyclic) bond motifs is 1. The quantitative estimate of drug-likeness (QED) is 0.864. The number of hydrogen-bond acceptors (Lipinski definition) is 3. The summed E-state index contributed by atoms with van der Waals surface area (Å²) in [5.74, 6) is 3.07. The average molecular weight is 283 g/mol. The Bertz CT molecular complexity index is 646. The van der Waals surface area contributed by atoms with E-state index in [0.717, 1.165) is 36.4 Å². The summed E-state index contributed by atoms with van der Waals surface area (Å²) in [6.07, 6.45) is 2.54. The molecule has 1 aliphatic carbocycles. The predicted octanol–water partition coefficient (Wildman–Crippen LogP) is 3.37. The fraction of sp³-hybridized carbons (Fsp3) is 0.412. The molecule has 3 atom stereocenters. The van der Waals surface area contributed by atoms with Gasteiger partial charge in [0.25, 0.3) is 0 Å². The second-order valence-corrected chi connectivity index (χ2v) is 6.04. The summed E-state index contributed by atoms with van der Waals surface area (Å²) in [7, 11) is 0. The maximum Gasteiger partial charge on any atom is 0.183 e. The number of halogens is 1. The van der Waals surface area contributed by atoms with Crippen LogP contribution in [0.5, 0.6) is 0 Å². The molecule has 0 radical (unpaired) electrons. The summed E-state index contributed by atoms with van der Waals surface area (Å²) in [5.41, 5.74) is 0.926. The Morgan fingerprint density at radius 1 is 1.19 bits per heavy atom. The minimum Gasteiger partial charge on any atom is -0.353 e. The molecule has 1 saturated heterocycles. The highest BCUT2D eigenvalue weighted by Crippen LogP contribution is 2.54. The van der Waals surface area contributed by atoms with Gasteiger partial charge in [0.1, 0.15) is 0 Å². The summed E-state index contributed by atoms with van der Waals surface area (Å²) in [6, 6.07) is 9.74. The molecular weight excluding hydrogens is 265 g/mol. The third kappa shape index (κ3) is 2.09. The summed E-state index contributed by atoms with van der Waals surface area (Å²) in [5, 5.41) is 0. The van der Waals surface area contributed by atoms with Crippen molar-refractivity contribution in [1.29, 1.82) is 0 Å². The van der Waals surface area contributed by atoms with E-state index in [4.69, 9.17) is 0 Å². The number of nitrogens with zero attached hydrogens (tertiary/aromatic N) is 3. The van der Waals surface area contributed by atoms with Crippen molar-refractivity contribution >= 4 is 5.82 Å². The zero-order valence-corrected chi connectivity index (χ0v) is 12.0. The first-order valence-corrected chi connectivity index (χ1v) is 7.61. The van der Waals surface area contributed by atoms with Crippen LogP contribution in [0.2, 0.25) is 0 Å². The molecule has 1 aliphatic heterocycles. The van der Waals surface area contributed by atoms with Crippen molar-refractivity contribution in [2.75, 3.05) is 18.0 Å². The standard InChI is InChI=1S/C17H18FN3/c1-2-12-13-9-21(10-14(12)13)17-15(18)8-19-16(20-17)11-6-4-3-5-7-11/h3-8,12-14H,2,9-10H2,1H3/t12?,13-,14+. The normalized spacial score (nSPS) is 26.8. The Hall–Kier alpha value is -1.97. The molecule has 2 aliphatic rings. The highest BCUT2D eigenvalue weighted by atomic mass is 19.1. The maximum atomic E-state index is 14.1. The van der Waals surface area contributed by atoms with Gasteiger partial charge >= 0.3 is 0 Å². The number of rotatable bonds is 3. The molecule has 3 nitrogen and oxygen atoms in total. The number of aromatic nitrogens is 2. The van der Waals surface area contributed by atoms with Crippen molar-refractivity contribution in [3.8, 4) is 11.4 Å². The lowest BCUT2D eigenvalue weighted by Crippen LogP contribution is -2.26. The van der Waals surface area contributed by atoms with E-state index in [-0.39, 0.29) is 5.82 Å². The van der Waals surface area contributed by atoms with Gasteiger partial charge in [-0.2, -0.15) is 0 Å². The molecule has 1 unspecified atom stereocenters. The van der Waals surface area contributed by atoms with Crippen molar-refractivity contribution in [2.24, 2.45) is 17.8 Å². The number of anilines is 1. The van der Waals surface area contributed by atoms with E-state index in [9.17, 15) is 4.39 Å². The van der Waals surface area contributed by atoms with Crippen LogP contribution in [0.1, 0.15) is 13.3 Å². The molecule has 108 valence electrons. The molecule has 2 fully saturated rings. The number of hydrogen-bond donors (Lipinski definition) is 0. The molecule has 1 saturated carbocycles. The summed E-state index contributed by atoms with van der Waals surface area (Å²) in [4.78, 5) is 10.7. The number of benzene rings is 1. The van der Waals surface area contributed by atoms with E-state index in [1.54, 1.807) is 0 Å². The molecule has 0 spiro atoms. The summed E-state index contributed by atoms with van der Waals surface area (Å²) < 4.78 is 14.1. The second kappa shape index (κ2) is 4.79. The van der Waals surface area contributed by atoms with E-state index in [1.807, 2.05) is 30.3 Å². The van der Waals surface area contributed by atoms with Crippen LogP contribution >= 0.6 is 0 Å². The molecule has 1 aromatic carbocycles. The maximum absolute atomic E-state index is 14.1.